The van der Waals surface area contributed by atoms with E-state index in [9.17, 15) is 19.5 Å². The van der Waals surface area contributed by atoms with Crippen LogP contribution in [0.2, 0.25) is 0 Å². The van der Waals surface area contributed by atoms with E-state index in [0.717, 1.165) is 9.13 Å². The van der Waals surface area contributed by atoms with Crippen molar-refractivity contribution in [2.24, 2.45) is 24.3 Å². The topological polar surface area (TPSA) is 126 Å². The summed E-state index contributed by atoms with van der Waals surface area (Å²) in [5.41, 5.74) is -1.02. The highest BCUT2D eigenvalue weighted by Crippen LogP contribution is 2.25. The van der Waals surface area contributed by atoms with Gasteiger partial charge >= 0.3 is 11.7 Å². The molecule has 2 rings (SSSR count). The van der Waals surface area contributed by atoms with Crippen LogP contribution in [0.1, 0.15) is 15.9 Å². The highest BCUT2D eigenvalue weighted by Gasteiger charge is 2.14. The summed E-state index contributed by atoms with van der Waals surface area (Å²) in [6, 6.07) is 4.26. The van der Waals surface area contributed by atoms with Crippen molar-refractivity contribution < 1.29 is 15.0 Å². The molecular formula is C14H14N4O5. The Morgan fingerprint density at radius 1 is 1.13 bits per heavy atom. The highest BCUT2D eigenvalue weighted by atomic mass is 16.4. The molecule has 2 aromatic rings. The average Bonchev–Trinajstić information content (AvgIpc) is 2.52. The SMILES string of the molecule is Cc1ccc(C(=O)O)cc1N=Nc1c(O)n(C)c(=O)n(C)c1=O. The minimum Gasteiger partial charge on any atom is -0.493 e. The van der Waals surface area contributed by atoms with E-state index < -0.39 is 28.8 Å². The number of benzene rings is 1. The van der Waals surface area contributed by atoms with Gasteiger partial charge in [0.1, 0.15) is 0 Å². The summed E-state index contributed by atoms with van der Waals surface area (Å²) in [5, 5.41) is 26.4. The van der Waals surface area contributed by atoms with Gasteiger partial charge in [-0.15, -0.1) is 10.2 Å². The van der Waals surface area contributed by atoms with Gasteiger partial charge in [0.15, 0.2) is 0 Å². The third-order valence-electron chi connectivity index (χ3n) is 3.32. The Bertz CT molecular complexity index is 939. The number of carboxylic acid groups (broad SMARTS) is 1. The van der Waals surface area contributed by atoms with Gasteiger partial charge in [-0.3, -0.25) is 13.9 Å². The average molecular weight is 318 g/mol. The van der Waals surface area contributed by atoms with Crippen LogP contribution in [0.25, 0.3) is 0 Å². The number of aromatic hydroxyl groups is 1. The Morgan fingerprint density at radius 3 is 2.39 bits per heavy atom. The zero-order chi connectivity index (χ0) is 17.3. The second-order valence-electron chi connectivity index (χ2n) is 4.88. The lowest BCUT2D eigenvalue weighted by atomic mass is 10.1. The van der Waals surface area contributed by atoms with Crippen LogP contribution in [0.4, 0.5) is 11.4 Å². The van der Waals surface area contributed by atoms with Crippen LogP contribution in [-0.4, -0.2) is 25.3 Å². The van der Waals surface area contributed by atoms with E-state index in [-0.39, 0.29) is 11.3 Å². The smallest absolute Gasteiger partial charge is 0.335 e. The second kappa shape index (κ2) is 5.87. The molecule has 0 fully saturated rings. The summed E-state index contributed by atoms with van der Waals surface area (Å²) < 4.78 is 1.64. The van der Waals surface area contributed by atoms with E-state index >= 15 is 0 Å². The maximum absolute atomic E-state index is 12.0. The van der Waals surface area contributed by atoms with Crippen molar-refractivity contribution >= 4 is 17.3 Å². The first-order valence-electron chi connectivity index (χ1n) is 6.48. The Morgan fingerprint density at radius 2 is 1.78 bits per heavy atom. The minimum absolute atomic E-state index is 0.0159. The molecule has 0 aliphatic heterocycles. The molecule has 9 nitrogen and oxygen atoms in total. The van der Waals surface area contributed by atoms with Crippen molar-refractivity contribution in [2.45, 2.75) is 6.92 Å². The number of hydrogen-bond donors (Lipinski definition) is 2. The normalized spacial score (nSPS) is 11.1. The first-order valence-corrected chi connectivity index (χ1v) is 6.48. The third-order valence-corrected chi connectivity index (χ3v) is 3.32. The van der Waals surface area contributed by atoms with Gasteiger partial charge in [0.2, 0.25) is 11.6 Å². The lowest BCUT2D eigenvalue weighted by molar-refractivity contribution is 0.0697. The van der Waals surface area contributed by atoms with Crippen LogP contribution >= 0.6 is 0 Å². The lowest BCUT2D eigenvalue weighted by Gasteiger charge is -2.06. The van der Waals surface area contributed by atoms with E-state index in [2.05, 4.69) is 10.2 Å². The van der Waals surface area contributed by atoms with Crippen molar-refractivity contribution in [3.63, 3.8) is 0 Å². The Hall–Kier alpha value is -3.23. The van der Waals surface area contributed by atoms with Gasteiger partial charge in [0.25, 0.3) is 5.56 Å². The maximum Gasteiger partial charge on any atom is 0.335 e. The standard InChI is InChI=1S/C14H14N4O5/c1-7-4-5-8(13(21)22)6-9(7)15-16-10-11(19)17(2)14(23)18(3)12(10)20/h4-6,19H,1-3H3,(H,21,22). The molecule has 0 aliphatic rings. The number of azo groups is 1. The van der Waals surface area contributed by atoms with Crippen LogP contribution in [-0.2, 0) is 14.1 Å². The van der Waals surface area contributed by atoms with Crippen molar-refractivity contribution in [3.8, 4) is 5.88 Å². The Labute approximate surface area is 129 Å². The number of rotatable bonds is 3. The van der Waals surface area contributed by atoms with Crippen molar-refractivity contribution in [2.75, 3.05) is 0 Å². The summed E-state index contributed by atoms with van der Waals surface area (Å²) >= 11 is 0. The van der Waals surface area contributed by atoms with Gasteiger partial charge < -0.3 is 10.2 Å². The second-order valence-corrected chi connectivity index (χ2v) is 4.88. The summed E-state index contributed by atoms with van der Waals surface area (Å²) in [6.07, 6.45) is 0. The Balaban J connectivity index is 2.59. The molecule has 1 aromatic heterocycles. The Kier molecular flexibility index (Phi) is 4.12. The number of carbonyl (C=O) groups is 1. The van der Waals surface area contributed by atoms with Gasteiger partial charge in [-0.05, 0) is 24.6 Å². The quantitative estimate of drug-likeness (QED) is 0.822. The molecule has 2 N–H and O–H groups in total. The largest absolute Gasteiger partial charge is 0.493 e. The van der Waals surface area contributed by atoms with Gasteiger partial charge in [-0.1, -0.05) is 6.07 Å². The summed E-state index contributed by atoms with van der Waals surface area (Å²) in [5.74, 6) is -1.74. The molecule has 1 aromatic carbocycles. The molecule has 0 aliphatic carbocycles. The molecule has 0 saturated heterocycles. The molecule has 0 spiro atoms. The predicted octanol–water partition coefficient (Wildman–Crippen LogP) is 1.21. The fourth-order valence-electron chi connectivity index (χ4n) is 1.86. The van der Waals surface area contributed by atoms with E-state index in [4.69, 9.17) is 5.11 Å². The van der Waals surface area contributed by atoms with Gasteiger partial charge in [-0.25, -0.2) is 9.59 Å². The molecule has 120 valence electrons. The van der Waals surface area contributed by atoms with Crippen LogP contribution < -0.4 is 11.2 Å². The molecule has 0 radical (unpaired) electrons. The monoisotopic (exact) mass is 318 g/mol. The fraction of sp³-hybridized carbons (Fsp3) is 0.214. The highest BCUT2D eigenvalue weighted by molar-refractivity contribution is 5.88. The third kappa shape index (κ3) is 2.89. The van der Waals surface area contributed by atoms with Crippen molar-refractivity contribution in [3.05, 3.63) is 50.2 Å². The summed E-state index contributed by atoms with van der Waals surface area (Å²) in [4.78, 5) is 34.6. The van der Waals surface area contributed by atoms with E-state index in [1.165, 1.54) is 26.2 Å². The van der Waals surface area contributed by atoms with E-state index in [1.807, 2.05) is 0 Å². The van der Waals surface area contributed by atoms with E-state index in [0.29, 0.717) is 5.56 Å². The van der Waals surface area contributed by atoms with Crippen molar-refractivity contribution in [1.82, 2.24) is 9.13 Å². The first kappa shape index (κ1) is 16.1. The summed E-state index contributed by atoms with van der Waals surface area (Å²) in [6.45, 7) is 1.69. The van der Waals surface area contributed by atoms with Crippen LogP contribution in [0.5, 0.6) is 5.88 Å². The zero-order valence-electron chi connectivity index (χ0n) is 12.6. The molecule has 23 heavy (non-hydrogen) atoms. The van der Waals surface area contributed by atoms with Crippen LogP contribution in [0, 0.1) is 6.92 Å². The minimum atomic E-state index is -1.12. The zero-order valence-corrected chi connectivity index (χ0v) is 12.6. The fourth-order valence-corrected chi connectivity index (χ4v) is 1.86. The van der Waals surface area contributed by atoms with Gasteiger partial charge in [0, 0.05) is 14.1 Å². The molecule has 0 amide bonds. The molecule has 0 saturated carbocycles. The van der Waals surface area contributed by atoms with Crippen LogP contribution in [0.3, 0.4) is 0 Å². The number of hydrogen-bond acceptors (Lipinski definition) is 6. The molecule has 0 bridgehead atoms. The molecular weight excluding hydrogens is 304 g/mol. The molecule has 0 atom stereocenters. The number of aromatic nitrogens is 2. The van der Waals surface area contributed by atoms with Crippen LogP contribution in [0.15, 0.2) is 38.0 Å². The van der Waals surface area contributed by atoms with Crippen molar-refractivity contribution in [1.29, 1.82) is 0 Å². The molecule has 0 unspecified atom stereocenters. The number of carboxylic acids is 1. The molecule has 1 heterocycles. The molecule has 9 heteroatoms. The van der Waals surface area contributed by atoms with Gasteiger partial charge in [-0.2, -0.15) is 0 Å². The first-order chi connectivity index (χ1) is 10.7. The maximum atomic E-state index is 12.0. The number of aromatic carboxylic acids is 1. The summed E-state index contributed by atoms with van der Waals surface area (Å²) in [7, 11) is 2.53. The number of aryl methyl sites for hydroxylation is 1. The number of nitrogens with zero attached hydrogens (tertiary/aromatic N) is 4. The van der Waals surface area contributed by atoms with Gasteiger partial charge in [0.05, 0.1) is 11.3 Å². The lowest BCUT2D eigenvalue weighted by Crippen LogP contribution is -2.36. The predicted molar refractivity (Wildman–Crippen MR) is 80.9 cm³/mol. The van der Waals surface area contributed by atoms with E-state index in [1.54, 1.807) is 13.0 Å².